The third-order valence-electron chi connectivity index (χ3n) is 1.65. The highest BCUT2D eigenvalue weighted by Crippen LogP contribution is 2.24. The van der Waals surface area contributed by atoms with Gasteiger partial charge in [-0.2, -0.15) is 0 Å². The van der Waals surface area contributed by atoms with Crippen molar-refractivity contribution in [1.82, 2.24) is 0 Å². The van der Waals surface area contributed by atoms with Crippen LogP contribution in [0.4, 0.5) is 11.4 Å². The van der Waals surface area contributed by atoms with Gasteiger partial charge < -0.3 is 5.32 Å². The molecule has 0 aliphatic carbocycles. The zero-order valence-corrected chi connectivity index (χ0v) is 9.24. The van der Waals surface area contributed by atoms with E-state index in [-0.39, 0.29) is 5.69 Å². The Balaban J connectivity index is 3.31. The number of hydrogen-bond donors (Lipinski definition) is 1. The van der Waals surface area contributed by atoms with Crippen LogP contribution in [-0.2, 0) is 0 Å². The lowest BCUT2D eigenvalue weighted by Crippen LogP contribution is -2.41. The molecule has 1 rings (SSSR count). The Morgan fingerprint density at radius 2 is 2.36 bits per heavy atom. The molecule has 7 heteroatoms. The molecule has 1 aromatic rings. The van der Waals surface area contributed by atoms with Crippen LogP contribution >= 0.6 is 15.9 Å². The molecule has 0 atom stereocenters. The topological polar surface area (TPSA) is 68.3 Å². The number of hydrogen-bond acceptors (Lipinski definition) is 4. The summed E-state index contributed by atoms with van der Waals surface area (Å²) in [5.74, 6) is 0. The van der Waals surface area contributed by atoms with Crippen molar-refractivity contribution in [2.75, 3.05) is 19.5 Å². The highest BCUT2D eigenvalue weighted by Gasteiger charge is 2.22. The molecule has 0 bridgehead atoms. The molecule has 0 unspecified atom stereocenters. The van der Waals surface area contributed by atoms with Crippen LogP contribution < -0.4 is 14.9 Å². The second-order valence-corrected chi connectivity index (χ2v) is 3.22. The highest BCUT2D eigenvalue weighted by atomic mass is 79.9. The fourth-order valence-electron chi connectivity index (χ4n) is 0.983. The first-order chi connectivity index (χ1) is 6.60. The molecule has 1 N–H and O–H groups in total. The van der Waals surface area contributed by atoms with Gasteiger partial charge in [-0.15, -0.1) is 0 Å². The largest absolute Gasteiger partial charge is 0.378 e. The predicted octanol–water partition coefficient (Wildman–Crippen LogP) is 0.745. The Bertz CT molecular complexity index is 369. The van der Waals surface area contributed by atoms with Gasteiger partial charge in [-0.3, -0.25) is 15.0 Å². The van der Waals surface area contributed by atoms with E-state index in [9.17, 15) is 10.1 Å². The first kappa shape index (κ1) is 10.7. The standard InChI is InChI=1S/C7H9BrN3O3/c1-9-5-4-10(14-2)7(8)3-6(5)11(12)13/h3-4,9H,1-2H3/q+1. The smallest absolute Gasteiger partial charge is 0.306 e. The Morgan fingerprint density at radius 1 is 1.71 bits per heavy atom. The Labute approximate surface area is 88.7 Å². The van der Waals surface area contributed by atoms with E-state index in [4.69, 9.17) is 4.84 Å². The van der Waals surface area contributed by atoms with Crippen molar-refractivity contribution >= 4 is 27.3 Å². The molecule has 0 saturated heterocycles. The van der Waals surface area contributed by atoms with Crippen molar-refractivity contribution in [3.63, 3.8) is 0 Å². The molecular formula is C7H9BrN3O3+. The number of rotatable bonds is 3. The van der Waals surface area contributed by atoms with Crippen molar-refractivity contribution < 1.29 is 14.5 Å². The highest BCUT2D eigenvalue weighted by molar-refractivity contribution is 9.10. The van der Waals surface area contributed by atoms with Crippen molar-refractivity contribution in [2.24, 2.45) is 0 Å². The van der Waals surface area contributed by atoms with Crippen LogP contribution in [0.25, 0.3) is 0 Å². The second kappa shape index (κ2) is 4.23. The number of pyridine rings is 1. The summed E-state index contributed by atoms with van der Waals surface area (Å²) in [5, 5.41) is 13.3. The number of anilines is 1. The first-order valence-electron chi connectivity index (χ1n) is 3.72. The van der Waals surface area contributed by atoms with Crippen molar-refractivity contribution in [3.8, 4) is 0 Å². The molecular weight excluding hydrogens is 254 g/mol. The molecule has 0 aliphatic heterocycles. The number of nitro groups is 1. The van der Waals surface area contributed by atoms with Gasteiger partial charge in [-0.25, -0.2) is 0 Å². The summed E-state index contributed by atoms with van der Waals surface area (Å²) in [5.41, 5.74) is 0.382. The van der Waals surface area contributed by atoms with Gasteiger partial charge in [-0.1, -0.05) is 0 Å². The molecule has 0 amide bonds. The summed E-state index contributed by atoms with van der Waals surface area (Å²) in [4.78, 5) is 15.1. The van der Waals surface area contributed by atoms with E-state index >= 15 is 0 Å². The molecule has 6 nitrogen and oxygen atoms in total. The maximum atomic E-state index is 10.6. The third kappa shape index (κ3) is 1.92. The molecule has 0 aliphatic rings. The molecule has 0 aromatic carbocycles. The molecule has 0 radical (unpaired) electrons. The monoisotopic (exact) mass is 262 g/mol. The lowest BCUT2D eigenvalue weighted by molar-refractivity contribution is -0.893. The third-order valence-corrected chi connectivity index (χ3v) is 2.23. The Hall–Kier alpha value is -1.37. The summed E-state index contributed by atoms with van der Waals surface area (Å²) >= 11 is 3.14. The van der Waals surface area contributed by atoms with Gasteiger partial charge in [0.25, 0.3) is 6.20 Å². The van der Waals surface area contributed by atoms with E-state index in [1.807, 2.05) is 0 Å². The van der Waals surface area contributed by atoms with Crippen LogP contribution in [-0.4, -0.2) is 19.1 Å². The van der Waals surface area contributed by atoms with Crippen LogP contribution in [0.15, 0.2) is 16.9 Å². The van der Waals surface area contributed by atoms with Gasteiger partial charge in [-0.05, 0) is 0 Å². The number of nitrogens with one attached hydrogen (secondary N) is 1. The SMILES string of the molecule is CNc1c[n+](OC)c(Br)cc1[N+](=O)[O-]. The van der Waals surface area contributed by atoms with Gasteiger partial charge in [0.15, 0.2) is 5.69 Å². The van der Waals surface area contributed by atoms with Crippen LogP contribution in [0.5, 0.6) is 0 Å². The zero-order chi connectivity index (χ0) is 10.7. The molecule has 0 fully saturated rings. The number of halogens is 1. The van der Waals surface area contributed by atoms with E-state index in [1.54, 1.807) is 7.05 Å². The summed E-state index contributed by atoms with van der Waals surface area (Å²) in [6.07, 6.45) is 1.49. The molecule has 76 valence electrons. The average Bonchev–Trinajstić information content (AvgIpc) is 2.17. The van der Waals surface area contributed by atoms with E-state index in [1.165, 1.54) is 24.1 Å². The Kier molecular flexibility index (Phi) is 3.23. The zero-order valence-electron chi connectivity index (χ0n) is 7.65. The molecule has 0 spiro atoms. The van der Waals surface area contributed by atoms with Crippen LogP contribution in [0.3, 0.4) is 0 Å². The molecule has 14 heavy (non-hydrogen) atoms. The van der Waals surface area contributed by atoms with Gasteiger partial charge in [0.05, 0.1) is 4.92 Å². The van der Waals surface area contributed by atoms with Crippen LogP contribution in [0, 0.1) is 10.1 Å². The van der Waals surface area contributed by atoms with E-state index < -0.39 is 4.92 Å². The first-order valence-corrected chi connectivity index (χ1v) is 4.51. The summed E-state index contributed by atoms with van der Waals surface area (Å²) in [7, 11) is 3.08. The average molecular weight is 263 g/mol. The van der Waals surface area contributed by atoms with Crippen molar-refractivity contribution in [2.45, 2.75) is 0 Å². The number of aromatic nitrogens is 1. The van der Waals surface area contributed by atoms with E-state index in [0.717, 1.165) is 0 Å². The minimum atomic E-state index is -0.462. The lowest BCUT2D eigenvalue weighted by atomic mass is 10.3. The van der Waals surface area contributed by atoms with Gasteiger partial charge in [0.2, 0.25) is 0 Å². The fraction of sp³-hybridized carbons (Fsp3) is 0.286. The summed E-state index contributed by atoms with van der Waals surface area (Å²) in [6, 6.07) is 1.37. The fourth-order valence-corrected chi connectivity index (χ4v) is 1.45. The quantitative estimate of drug-likeness (QED) is 0.378. The van der Waals surface area contributed by atoms with Crippen molar-refractivity contribution in [1.29, 1.82) is 0 Å². The van der Waals surface area contributed by atoms with Crippen molar-refractivity contribution in [3.05, 3.63) is 27.0 Å². The summed E-state index contributed by atoms with van der Waals surface area (Å²) < 4.78 is 1.85. The minimum Gasteiger partial charge on any atom is -0.378 e. The maximum absolute atomic E-state index is 10.6. The molecule has 1 heterocycles. The van der Waals surface area contributed by atoms with Gasteiger partial charge in [0.1, 0.15) is 13.2 Å². The van der Waals surface area contributed by atoms with Crippen LogP contribution in [0.1, 0.15) is 0 Å². The minimum absolute atomic E-state index is 0.00678. The van der Waals surface area contributed by atoms with Gasteiger partial charge in [0, 0.05) is 27.7 Å². The second-order valence-electron chi connectivity index (χ2n) is 2.41. The summed E-state index contributed by atoms with van der Waals surface area (Å²) in [6.45, 7) is 0. The predicted molar refractivity (Wildman–Crippen MR) is 53.0 cm³/mol. The Morgan fingerprint density at radius 3 is 2.79 bits per heavy atom. The molecule has 1 aromatic heterocycles. The van der Waals surface area contributed by atoms with Crippen LogP contribution in [0.2, 0.25) is 0 Å². The normalized spacial score (nSPS) is 9.64. The maximum Gasteiger partial charge on any atom is 0.306 e. The number of nitrogens with zero attached hydrogens (tertiary/aromatic N) is 2. The van der Waals surface area contributed by atoms with E-state index in [2.05, 4.69) is 21.2 Å². The molecule has 0 saturated carbocycles. The van der Waals surface area contributed by atoms with Gasteiger partial charge >= 0.3 is 10.3 Å². The van der Waals surface area contributed by atoms with E-state index in [0.29, 0.717) is 10.3 Å². The lowest BCUT2D eigenvalue weighted by Gasteiger charge is -2.00.